The molecule has 0 radical (unpaired) electrons. The van der Waals surface area contributed by atoms with Crippen LogP contribution in [0.5, 0.6) is 0 Å². The molecule has 1 aromatic rings. The highest BCUT2D eigenvalue weighted by molar-refractivity contribution is 6.31. The zero-order chi connectivity index (χ0) is 10.8. The molecule has 1 atom stereocenters. The molecule has 1 aliphatic rings. The summed E-state index contributed by atoms with van der Waals surface area (Å²) < 4.78 is 13.2. The van der Waals surface area contributed by atoms with Crippen LogP contribution in [0, 0.1) is 11.7 Å². The Kier molecular flexibility index (Phi) is 3.24. The van der Waals surface area contributed by atoms with Crippen molar-refractivity contribution in [2.24, 2.45) is 11.8 Å². The van der Waals surface area contributed by atoms with Crippen molar-refractivity contribution in [1.82, 2.24) is 5.43 Å². The SMILES string of the molecule is NNC(Cc1cccc(F)c1Cl)C1CC1. The normalized spacial score (nSPS) is 17.8. The van der Waals surface area contributed by atoms with Crippen LogP contribution in [-0.4, -0.2) is 6.04 Å². The van der Waals surface area contributed by atoms with Crippen molar-refractivity contribution >= 4 is 11.6 Å². The van der Waals surface area contributed by atoms with Crippen LogP contribution in [0.15, 0.2) is 18.2 Å². The lowest BCUT2D eigenvalue weighted by atomic mass is 10.0. The molecule has 4 heteroatoms. The minimum Gasteiger partial charge on any atom is -0.271 e. The molecule has 0 saturated heterocycles. The number of benzene rings is 1. The first kappa shape index (κ1) is 10.9. The molecular formula is C11H14ClFN2. The zero-order valence-electron chi connectivity index (χ0n) is 8.34. The molecule has 0 bridgehead atoms. The second-order valence-corrected chi connectivity index (χ2v) is 4.41. The molecule has 0 aromatic heterocycles. The monoisotopic (exact) mass is 228 g/mol. The highest BCUT2D eigenvalue weighted by Gasteiger charge is 2.30. The van der Waals surface area contributed by atoms with Gasteiger partial charge in [0.2, 0.25) is 0 Å². The molecule has 82 valence electrons. The van der Waals surface area contributed by atoms with Crippen LogP contribution in [0.2, 0.25) is 5.02 Å². The predicted octanol–water partition coefficient (Wildman–Crippen LogP) is 2.26. The standard InChI is InChI=1S/C11H14ClFN2/c12-11-8(2-1-3-9(11)13)6-10(15-14)7-4-5-7/h1-3,7,10,15H,4-6,14H2. The molecule has 0 spiro atoms. The number of hydrazine groups is 1. The van der Waals surface area contributed by atoms with E-state index in [9.17, 15) is 4.39 Å². The van der Waals surface area contributed by atoms with Gasteiger partial charge in [0, 0.05) is 6.04 Å². The third-order valence-electron chi connectivity index (χ3n) is 2.88. The van der Waals surface area contributed by atoms with Crippen LogP contribution >= 0.6 is 11.6 Å². The Hall–Kier alpha value is -0.640. The number of rotatable bonds is 4. The largest absolute Gasteiger partial charge is 0.271 e. The third kappa shape index (κ3) is 2.48. The molecule has 0 heterocycles. The van der Waals surface area contributed by atoms with Gasteiger partial charge in [-0.3, -0.25) is 11.3 Å². The summed E-state index contributed by atoms with van der Waals surface area (Å²) in [4.78, 5) is 0. The summed E-state index contributed by atoms with van der Waals surface area (Å²) in [5, 5.41) is 0.221. The summed E-state index contributed by atoms with van der Waals surface area (Å²) >= 11 is 5.88. The first-order valence-electron chi connectivity index (χ1n) is 5.11. The van der Waals surface area contributed by atoms with Gasteiger partial charge in [-0.05, 0) is 36.8 Å². The van der Waals surface area contributed by atoms with Crippen molar-refractivity contribution in [2.45, 2.75) is 25.3 Å². The molecule has 15 heavy (non-hydrogen) atoms. The maximum atomic E-state index is 13.2. The Morgan fingerprint density at radius 1 is 1.53 bits per heavy atom. The molecule has 1 fully saturated rings. The van der Waals surface area contributed by atoms with Gasteiger partial charge in [0.15, 0.2) is 0 Å². The first-order chi connectivity index (χ1) is 7.22. The van der Waals surface area contributed by atoms with Crippen molar-refractivity contribution in [2.75, 3.05) is 0 Å². The molecule has 0 amide bonds. The fraction of sp³-hybridized carbons (Fsp3) is 0.455. The number of hydrogen-bond donors (Lipinski definition) is 2. The van der Waals surface area contributed by atoms with E-state index < -0.39 is 0 Å². The highest BCUT2D eigenvalue weighted by atomic mass is 35.5. The van der Waals surface area contributed by atoms with E-state index >= 15 is 0 Å². The lowest BCUT2D eigenvalue weighted by molar-refractivity contribution is 0.471. The molecular weight excluding hydrogens is 215 g/mol. The summed E-state index contributed by atoms with van der Waals surface area (Å²) in [6.07, 6.45) is 3.08. The Bertz CT molecular complexity index is 352. The molecule has 0 aliphatic heterocycles. The van der Waals surface area contributed by atoms with Gasteiger partial charge in [0.25, 0.3) is 0 Å². The molecule has 1 aromatic carbocycles. The molecule has 3 N–H and O–H groups in total. The molecule has 1 saturated carbocycles. The minimum absolute atomic E-state index is 0.212. The second-order valence-electron chi connectivity index (χ2n) is 4.03. The summed E-state index contributed by atoms with van der Waals surface area (Å²) in [5.41, 5.74) is 3.60. The van der Waals surface area contributed by atoms with E-state index in [0.717, 1.165) is 5.56 Å². The Labute approximate surface area is 93.6 Å². The smallest absolute Gasteiger partial charge is 0.142 e. The second kappa shape index (κ2) is 4.47. The van der Waals surface area contributed by atoms with Gasteiger partial charge in [-0.1, -0.05) is 23.7 Å². The van der Waals surface area contributed by atoms with Gasteiger partial charge in [-0.15, -0.1) is 0 Å². The number of hydrogen-bond acceptors (Lipinski definition) is 2. The van der Waals surface area contributed by atoms with E-state index in [1.807, 2.05) is 6.07 Å². The zero-order valence-corrected chi connectivity index (χ0v) is 9.10. The molecule has 1 unspecified atom stereocenters. The number of nitrogens with one attached hydrogen (secondary N) is 1. The third-order valence-corrected chi connectivity index (χ3v) is 3.30. The van der Waals surface area contributed by atoms with Gasteiger partial charge in [-0.25, -0.2) is 4.39 Å². The van der Waals surface area contributed by atoms with Crippen molar-refractivity contribution in [3.8, 4) is 0 Å². The fourth-order valence-corrected chi connectivity index (χ4v) is 2.01. The topological polar surface area (TPSA) is 38.0 Å². The average molecular weight is 229 g/mol. The van der Waals surface area contributed by atoms with E-state index in [1.165, 1.54) is 18.9 Å². The summed E-state index contributed by atoms with van der Waals surface area (Å²) in [7, 11) is 0. The number of nitrogens with two attached hydrogens (primary N) is 1. The Balaban J connectivity index is 2.11. The van der Waals surface area contributed by atoms with E-state index in [2.05, 4.69) is 5.43 Å². The molecule has 2 rings (SSSR count). The van der Waals surface area contributed by atoms with Crippen molar-refractivity contribution in [3.05, 3.63) is 34.6 Å². The maximum absolute atomic E-state index is 13.2. The van der Waals surface area contributed by atoms with Gasteiger partial charge in [-0.2, -0.15) is 0 Å². The Morgan fingerprint density at radius 3 is 2.87 bits per heavy atom. The van der Waals surface area contributed by atoms with Crippen molar-refractivity contribution in [3.63, 3.8) is 0 Å². The average Bonchev–Trinajstić information content (AvgIpc) is 3.04. The van der Waals surface area contributed by atoms with Crippen molar-refractivity contribution < 1.29 is 4.39 Å². The van der Waals surface area contributed by atoms with Crippen LogP contribution in [0.4, 0.5) is 4.39 Å². The van der Waals surface area contributed by atoms with E-state index in [4.69, 9.17) is 17.4 Å². The summed E-state index contributed by atoms with van der Waals surface area (Å²) in [5.74, 6) is 5.72. The molecule has 1 aliphatic carbocycles. The lowest BCUT2D eigenvalue weighted by Crippen LogP contribution is -2.38. The predicted molar refractivity (Wildman–Crippen MR) is 58.9 cm³/mol. The van der Waals surface area contributed by atoms with Gasteiger partial charge < -0.3 is 0 Å². The Morgan fingerprint density at radius 2 is 2.27 bits per heavy atom. The summed E-state index contributed by atoms with van der Waals surface area (Å²) in [6.45, 7) is 0. The minimum atomic E-state index is -0.360. The quantitative estimate of drug-likeness (QED) is 0.613. The van der Waals surface area contributed by atoms with Crippen LogP contribution in [0.25, 0.3) is 0 Å². The van der Waals surface area contributed by atoms with Gasteiger partial charge in [0.05, 0.1) is 5.02 Å². The maximum Gasteiger partial charge on any atom is 0.142 e. The van der Waals surface area contributed by atoms with Gasteiger partial charge >= 0.3 is 0 Å². The highest BCUT2D eigenvalue weighted by Crippen LogP contribution is 2.34. The van der Waals surface area contributed by atoms with E-state index in [1.54, 1.807) is 6.07 Å². The fourth-order valence-electron chi connectivity index (χ4n) is 1.80. The van der Waals surface area contributed by atoms with Crippen LogP contribution in [0.3, 0.4) is 0 Å². The van der Waals surface area contributed by atoms with E-state index in [-0.39, 0.29) is 16.9 Å². The van der Waals surface area contributed by atoms with Crippen LogP contribution in [-0.2, 0) is 6.42 Å². The van der Waals surface area contributed by atoms with Crippen molar-refractivity contribution in [1.29, 1.82) is 0 Å². The van der Waals surface area contributed by atoms with Crippen LogP contribution < -0.4 is 11.3 Å². The first-order valence-corrected chi connectivity index (χ1v) is 5.49. The summed E-state index contributed by atoms with van der Waals surface area (Å²) in [6, 6.07) is 5.10. The lowest BCUT2D eigenvalue weighted by Gasteiger charge is -2.15. The van der Waals surface area contributed by atoms with Crippen LogP contribution in [0.1, 0.15) is 18.4 Å². The van der Waals surface area contributed by atoms with E-state index in [0.29, 0.717) is 12.3 Å². The molecule has 2 nitrogen and oxygen atoms in total. The van der Waals surface area contributed by atoms with Gasteiger partial charge in [0.1, 0.15) is 5.82 Å². The number of halogens is 2.